The van der Waals surface area contributed by atoms with Gasteiger partial charge in [0.2, 0.25) is 5.91 Å². The fourth-order valence-corrected chi connectivity index (χ4v) is 2.86. The van der Waals surface area contributed by atoms with E-state index in [0.29, 0.717) is 11.3 Å². The van der Waals surface area contributed by atoms with Crippen molar-refractivity contribution in [1.82, 2.24) is 9.78 Å². The van der Waals surface area contributed by atoms with Crippen LogP contribution in [0.2, 0.25) is 0 Å². The number of carbonyl (C=O) groups excluding carboxylic acids is 2. The van der Waals surface area contributed by atoms with Gasteiger partial charge in [0, 0.05) is 11.8 Å². The van der Waals surface area contributed by atoms with E-state index < -0.39 is 12.0 Å². The van der Waals surface area contributed by atoms with Gasteiger partial charge in [0.25, 0.3) is 5.56 Å². The molecule has 0 fully saturated rings. The van der Waals surface area contributed by atoms with Crippen LogP contribution in [0, 0.1) is 0 Å². The molecule has 1 aromatic carbocycles. The molecule has 1 N–H and O–H groups in total. The highest BCUT2D eigenvalue weighted by Gasteiger charge is 2.21. The van der Waals surface area contributed by atoms with Crippen molar-refractivity contribution in [3.05, 3.63) is 57.5 Å². The number of anilines is 1. The van der Waals surface area contributed by atoms with Gasteiger partial charge in [-0.2, -0.15) is 5.10 Å². The van der Waals surface area contributed by atoms with Crippen molar-refractivity contribution in [3.63, 3.8) is 0 Å². The summed E-state index contributed by atoms with van der Waals surface area (Å²) in [5.74, 6) is -0.793. The van der Waals surface area contributed by atoms with Gasteiger partial charge in [0.05, 0.1) is 18.4 Å². The van der Waals surface area contributed by atoms with E-state index in [1.54, 1.807) is 37.3 Å². The normalized spacial score (nSPS) is 13.8. The Morgan fingerprint density at radius 3 is 2.64 bits per heavy atom. The lowest BCUT2D eigenvalue weighted by Gasteiger charge is -2.15. The van der Waals surface area contributed by atoms with Crippen LogP contribution in [0.5, 0.6) is 0 Å². The van der Waals surface area contributed by atoms with Gasteiger partial charge >= 0.3 is 5.97 Å². The van der Waals surface area contributed by atoms with Crippen molar-refractivity contribution in [2.75, 3.05) is 12.4 Å². The minimum Gasteiger partial charge on any atom is -0.465 e. The summed E-state index contributed by atoms with van der Waals surface area (Å²) in [6.45, 7) is 1.63. The minimum atomic E-state index is -0.737. The number of nitrogens with one attached hydrogen (secondary N) is 1. The molecule has 25 heavy (non-hydrogen) atoms. The number of ether oxygens (including phenoxy) is 1. The molecule has 3 rings (SSSR count). The molecule has 1 aromatic heterocycles. The van der Waals surface area contributed by atoms with Crippen LogP contribution in [0.3, 0.4) is 0 Å². The van der Waals surface area contributed by atoms with Crippen LogP contribution in [-0.4, -0.2) is 28.8 Å². The summed E-state index contributed by atoms with van der Waals surface area (Å²) < 4.78 is 5.85. The van der Waals surface area contributed by atoms with Crippen molar-refractivity contribution in [2.24, 2.45) is 0 Å². The number of amides is 1. The number of hydrogen-bond acceptors (Lipinski definition) is 5. The quantitative estimate of drug-likeness (QED) is 0.855. The molecule has 1 heterocycles. The zero-order chi connectivity index (χ0) is 18.0. The van der Waals surface area contributed by atoms with Crippen LogP contribution in [0.4, 0.5) is 5.69 Å². The van der Waals surface area contributed by atoms with Gasteiger partial charge < -0.3 is 10.1 Å². The average molecular weight is 341 g/mol. The number of benzene rings is 1. The fraction of sp³-hybridized carbons (Fsp3) is 0.333. The highest BCUT2D eigenvalue weighted by molar-refractivity contribution is 5.94. The first-order valence-electron chi connectivity index (χ1n) is 8.10. The monoisotopic (exact) mass is 341 g/mol. The Kier molecular flexibility index (Phi) is 4.65. The molecule has 0 bridgehead atoms. The van der Waals surface area contributed by atoms with E-state index in [1.165, 1.54) is 11.8 Å². The summed E-state index contributed by atoms with van der Waals surface area (Å²) in [7, 11) is 1.31. The molecule has 1 aliphatic rings. The van der Waals surface area contributed by atoms with Crippen LogP contribution in [-0.2, 0) is 22.4 Å². The molecule has 7 heteroatoms. The Bertz CT molecular complexity index is 871. The first kappa shape index (κ1) is 16.9. The predicted octanol–water partition coefficient (Wildman–Crippen LogP) is 1.72. The molecule has 130 valence electrons. The summed E-state index contributed by atoms with van der Waals surface area (Å²) in [5, 5.41) is 7.07. The van der Waals surface area contributed by atoms with Gasteiger partial charge in [-0.05, 0) is 56.0 Å². The smallest absolute Gasteiger partial charge is 0.337 e. The SMILES string of the molecule is COC(=O)c1ccc(NC(=O)C(C)n2nc3c(cc2=O)CCC3)cc1. The van der Waals surface area contributed by atoms with E-state index in [1.807, 2.05) is 0 Å². The van der Waals surface area contributed by atoms with Crippen LogP contribution >= 0.6 is 0 Å². The van der Waals surface area contributed by atoms with E-state index >= 15 is 0 Å². The molecule has 1 amide bonds. The Morgan fingerprint density at radius 1 is 1.24 bits per heavy atom. The van der Waals surface area contributed by atoms with Gasteiger partial charge in [-0.1, -0.05) is 0 Å². The van der Waals surface area contributed by atoms with Gasteiger partial charge in [0.15, 0.2) is 0 Å². The lowest BCUT2D eigenvalue weighted by Crippen LogP contribution is -2.34. The lowest BCUT2D eigenvalue weighted by atomic mass is 10.2. The van der Waals surface area contributed by atoms with Crippen LogP contribution in [0.15, 0.2) is 35.1 Å². The third-order valence-electron chi connectivity index (χ3n) is 4.30. The standard InChI is InChI=1S/C18H19N3O4/c1-11(21-16(22)10-13-4-3-5-15(13)20-21)17(23)19-14-8-6-12(7-9-14)18(24)25-2/h6-11H,3-5H2,1-2H3,(H,19,23). The molecular weight excluding hydrogens is 322 g/mol. The molecule has 7 nitrogen and oxygen atoms in total. The van der Waals surface area contributed by atoms with Crippen molar-refractivity contribution < 1.29 is 14.3 Å². The summed E-state index contributed by atoms with van der Waals surface area (Å²) in [5.41, 5.74) is 2.52. The maximum Gasteiger partial charge on any atom is 0.337 e. The van der Waals surface area contributed by atoms with Crippen LogP contribution < -0.4 is 10.9 Å². The first-order valence-corrected chi connectivity index (χ1v) is 8.10. The third-order valence-corrected chi connectivity index (χ3v) is 4.30. The van der Waals surface area contributed by atoms with Gasteiger partial charge in [-0.15, -0.1) is 0 Å². The number of aryl methyl sites for hydroxylation is 2. The average Bonchev–Trinajstić information content (AvgIpc) is 3.07. The van der Waals surface area contributed by atoms with Gasteiger partial charge in [-0.3, -0.25) is 9.59 Å². The van der Waals surface area contributed by atoms with E-state index in [9.17, 15) is 14.4 Å². The summed E-state index contributed by atoms with van der Waals surface area (Å²) in [4.78, 5) is 36.1. The number of carbonyl (C=O) groups is 2. The maximum absolute atomic E-state index is 12.4. The molecule has 0 aliphatic heterocycles. The number of hydrogen-bond donors (Lipinski definition) is 1. The number of methoxy groups -OCH3 is 1. The van der Waals surface area contributed by atoms with Crippen LogP contribution in [0.1, 0.15) is 41.0 Å². The lowest BCUT2D eigenvalue weighted by molar-refractivity contribution is -0.119. The second-order valence-corrected chi connectivity index (χ2v) is 5.99. The van der Waals surface area contributed by atoms with Crippen LogP contribution in [0.25, 0.3) is 0 Å². The van der Waals surface area contributed by atoms with Gasteiger partial charge in [-0.25, -0.2) is 9.48 Å². The van der Waals surface area contributed by atoms with Crippen molar-refractivity contribution in [2.45, 2.75) is 32.2 Å². The van der Waals surface area contributed by atoms with Crippen molar-refractivity contribution >= 4 is 17.6 Å². The first-order chi connectivity index (χ1) is 12.0. The maximum atomic E-state index is 12.4. The number of aromatic nitrogens is 2. The molecule has 0 spiro atoms. The largest absolute Gasteiger partial charge is 0.465 e. The fourth-order valence-electron chi connectivity index (χ4n) is 2.86. The Balaban J connectivity index is 1.75. The molecule has 1 aliphatic carbocycles. The van der Waals surface area contributed by atoms with Crippen molar-refractivity contribution in [3.8, 4) is 0 Å². The van der Waals surface area contributed by atoms with E-state index in [4.69, 9.17) is 0 Å². The molecule has 2 aromatic rings. The highest BCUT2D eigenvalue weighted by atomic mass is 16.5. The van der Waals surface area contributed by atoms with E-state index in [2.05, 4.69) is 15.2 Å². The third kappa shape index (κ3) is 3.45. The zero-order valence-corrected chi connectivity index (χ0v) is 14.1. The number of esters is 1. The Labute approximate surface area is 144 Å². The molecule has 1 atom stereocenters. The second-order valence-electron chi connectivity index (χ2n) is 5.99. The molecule has 1 unspecified atom stereocenters. The zero-order valence-electron chi connectivity index (χ0n) is 14.1. The minimum absolute atomic E-state index is 0.274. The topological polar surface area (TPSA) is 90.3 Å². The van der Waals surface area contributed by atoms with Gasteiger partial charge in [0.1, 0.15) is 6.04 Å². The van der Waals surface area contributed by atoms with E-state index in [0.717, 1.165) is 30.5 Å². The van der Waals surface area contributed by atoms with E-state index in [-0.39, 0.29) is 11.5 Å². The summed E-state index contributed by atoms with van der Waals surface area (Å²) in [6, 6.07) is 7.17. The number of nitrogens with zero attached hydrogens (tertiary/aromatic N) is 2. The second kappa shape index (κ2) is 6.88. The predicted molar refractivity (Wildman–Crippen MR) is 91.6 cm³/mol. The molecule has 0 radical (unpaired) electrons. The van der Waals surface area contributed by atoms with Crippen molar-refractivity contribution in [1.29, 1.82) is 0 Å². The Morgan fingerprint density at radius 2 is 1.96 bits per heavy atom. The number of fused-ring (bicyclic) bond motifs is 1. The highest BCUT2D eigenvalue weighted by Crippen LogP contribution is 2.18. The summed E-state index contributed by atoms with van der Waals surface area (Å²) >= 11 is 0. The Hall–Kier alpha value is -2.96. The summed E-state index contributed by atoms with van der Waals surface area (Å²) in [6.07, 6.45) is 2.68. The number of rotatable bonds is 4. The molecule has 0 saturated heterocycles. The molecular formula is C18H19N3O4. The molecule has 0 saturated carbocycles.